The Morgan fingerprint density at radius 2 is 1.64 bits per heavy atom. The van der Waals surface area contributed by atoms with E-state index in [1.165, 1.54) is 12.3 Å². The lowest BCUT2D eigenvalue weighted by atomic mass is 10.2. The second-order valence-corrected chi connectivity index (χ2v) is 7.91. The van der Waals surface area contributed by atoms with Crippen molar-refractivity contribution in [2.24, 2.45) is 5.10 Å². The van der Waals surface area contributed by atoms with Crippen LogP contribution in [0.2, 0.25) is 10.0 Å². The van der Waals surface area contributed by atoms with E-state index in [1.54, 1.807) is 60.7 Å². The second kappa shape index (κ2) is 13.1. The number of benzene rings is 3. The van der Waals surface area contributed by atoms with Gasteiger partial charge in [0.1, 0.15) is 11.5 Å². The van der Waals surface area contributed by atoms with Crippen molar-refractivity contribution in [2.75, 3.05) is 23.8 Å². The number of nitrogens with zero attached hydrogens (tertiary/aromatic N) is 1. The highest BCUT2D eigenvalue weighted by atomic mass is 35.5. The summed E-state index contributed by atoms with van der Waals surface area (Å²) in [5.74, 6) is -1.17. The number of carbonyl (C=O) groups excluding carboxylic acids is 3. The van der Waals surface area contributed by atoms with Crippen molar-refractivity contribution in [2.45, 2.75) is 6.92 Å². The van der Waals surface area contributed by atoms with Crippen LogP contribution in [0.3, 0.4) is 0 Å². The van der Waals surface area contributed by atoms with Crippen LogP contribution >= 0.6 is 23.2 Å². The summed E-state index contributed by atoms with van der Waals surface area (Å²) < 4.78 is 10.9. The van der Waals surface area contributed by atoms with Gasteiger partial charge in [-0.2, -0.15) is 5.10 Å². The molecule has 0 unspecified atom stereocenters. The van der Waals surface area contributed by atoms with Gasteiger partial charge in [-0.15, -0.1) is 0 Å². The Kier molecular flexibility index (Phi) is 9.67. The highest BCUT2D eigenvalue weighted by Crippen LogP contribution is 2.29. The van der Waals surface area contributed by atoms with E-state index >= 15 is 0 Å². The summed E-state index contributed by atoms with van der Waals surface area (Å²) in [5, 5.41) is 9.21. The van der Waals surface area contributed by atoms with Crippen LogP contribution in [-0.2, 0) is 14.4 Å². The van der Waals surface area contributed by atoms with Gasteiger partial charge in [-0.3, -0.25) is 14.4 Å². The minimum absolute atomic E-state index is 0.119. The van der Waals surface area contributed by atoms with Gasteiger partial charge in [0.15, 0.2) is 6.61 Å². The molecule has 3 amide bonds. The highest BCUT2D eigenvalue weighted by molar-refractivity contribution is 6.45. The van der Waals surface area contributed by atoms with E-state index in [0.717, 1.165) is 0 Å². The average molecular weight is 529 g/mol. The smallest absolute Gasteiger partial charge is 0.329 e. The first-order chi connectivity index (χ1) is 17.4. The van der Waals surface area contributed by atoms with Crippen LogP contribution in [0.5, 0.6) is 11.5 Å². The molecule has 0 atom stereocenters. The number of anilines is 2. The fourth-order valence-electron chi connectivity index (χ4n) is 2.83. The summed E-state index contributed by atoms with van der Waals surface area (Å²) in [6.45, 7) is 2.24. The summed E-state index contributed by atoms with van der Waals surface area (Å²) in [4.78, 5) is 36.2. The van der Waals surface area contributed by atoms with Gasteiger partial charge in [-0.1, -0.05) is 41.4 Å². The van der Waals surface area contributed by atoms with Gasteiger partial charge >= 0.3 is 11.8 Å². The molecule has 0 spiro atoms. The van der Waals surface area contributed by atoms with Crippen molar-refractivity contribution in [1.29, 1.82) is 0 Å². The van der Waals surface area contributed by atoms with Gasteiger partial charge in [0, 0.05) is 5.69 Å². The maximum Gasteiger partial charge on any atom is 0.329 e. The molecule has 0 fully saturated rings. The molecule has 11 heteroatoms. The van der Waals surface area contributed by atoms with Crippen LogP contribution < -0.4 is 25.5 Å². The number of halogens is 2. The number of amides is 3. The Bertz CT molecular complexity index is 1270. The van der Waals surface area contributed by atoms with Crippen LogP contribution in [0.15, 0.2) is 71.8 Å². The first-order valence-electron chi connectivity index (χ1n) is 10.7. The lowest BCUT2D eigenvalue weighted by Crippen LogP contribution is -2.32. The van der Waals surface area contributed by atoms with Crippen molar-refractivity contribution >= 4 is 58.5 Å². The standard InChI is InChI=1S/C25H22Cl2N4O5/c1-2-35-18-11-9-17(10-12-18)29-22(32)15-36-19-6-3-5-16(13-19)14-28-31-25(34)24(33)30-21-8-4-7-20(26)23(21)27/h3-14H,2,15H2,1H3,(H,29,32)(H,30,33)(H,31,34)/b28-14-. The average Bonchev–Trinajstić information content (AvgIpc) is 2.87. The molecule has 0 radical (unpaired) electrons. The van der Waals surface area contributed by atoms with Crippen LogP contribution in [0.4, 0.5) is 11.4 Å². The summed E-state index contributed by atoms with van der Waals surface area (Å²) in [7, 11) is 0. The molecular weight excluding hydrogens is 507 g/mol. The monoisotopic (exact) mass is 528 g/mol. The van der Waals surface area contributed by atoms with Crippen molar-refractivity contribution in [1.82, 2.24) is 5.43 Å². The van der Waals surface area contributed by atoms with Crippen LogP contribution in [0.25, 0.3) is 0 Å². The Morgan fingerprint density at radius 1 is 0.889 bits per heavy atom. The number of rotatable bonds is 9. The van der Waals surface area contributed by atoms with Gasteiger partial charge in [0.05, 0.1) is 28.6 Å². The number of ether oxygens (including phenoxy) is 2. The van der Waals surface area contributed by atoms with Crippen LogP contribution in [0.1, 0.15) is 12.5 Å². The molecule has 3 aromatic carbocycles. The molecule has 0 aliphatic rings. The third-order valence-corrected chi connectivity index (χ3v) is 5.28. The Morgan fingerprint density at radius 3 is 2.39 bits per heavy atom. The molecule has 36 heavy (non-hydrogen) atoms. The highest BCUT2D eigenvalue weighted by Gasteiger charge is 2.15. The quantitative estimate of drug-likeness (QED) is 0.214. The third-order valence-electron chi connectivity index (χ3n) is 4.46. The minimum atomic E-state index is -0.999. The predicted octanol–water partition coefficient (Wildman–Crippen LogP) is 4.50. The summed E-state index contributed by atoms with van der Waals surface area (Å²) in [6.07, 6.45) is 1.32. The summed E-state index contributed by atoms with van der Waals surface area (Å²) >= 11 is 11.9. The predicted molar refractivity (Wildman–Crippen MR) is 139 cm³/mol. The molecule has 0 aliphatic carbocycles. The molecule has 0 heterocycles. The van der Waals surface area contributed by atoms with E-state index in [-0.39, 0.29) is 28.2 Å². The van der Waals surface area contributed by atoms with Crippen molar-refractivity contribution in [3.63, 3.8) is 0 Å². The van der Waals surface area contributed by atoms with Crippen molar-refractivity contribution < 1.29 is 23.9 Å². The molecular formula is C25H22Cl2N4O5. The molecule has 3 rings (SSSR count). The maximum absolute atomic E-state index is 12.2. The van der Waals surface area contributed by atoms with Crippen molar-refractivity contribution in [3.8, 4) is 11.5 Å². The van der Waals surface area contributed by atoms with Crippen LogP contribution in [-0.4, -0.2) is 37.1 Å². The fraction of sp³-hybridized carbons (Fsp3) is 0.120. The largest absolute Gasteiger partial charge is 0.494 e. The molecule has 0 saturated carbocycles. The van der Waals surface area contributed by atoms with E-state index in [9.17, 15) is 14.4 Å². The number of nitrogens with one attached hydrogen (secondary N) is 3. The zero-order valence-electron chi connectivity index (χ0n) is 19.1. The summed E-state index contributed by atoms with van der Waals surface area (Å²) in [5.41, 5.74) is 3.51. The maximum atomic E-state index is 12.2. The zero-order valence-corrected chi connectivity index (χ0v) is 20.6. The zero-order chi connectivity index (χ0) is 25.9. The van der Waals surface area contributed by atoms with Gasteiger partial charge < -0.3 is 20.1 Å². The molecule has 0 aromatic heterocycles. The van der Waals surface area contributed by atoms with Crippen molar-refractivity contribution in [3.05, 3.63) is 82.3 Å². The molecule has 0 aliphatic heterocycles. The topological polar surface area (TPSA) is 118 Å². The molecule has 3 N–H and O–H groups in total. The molecule has 9 nitrogen and oxygen atoms in total. The SMILES string of the molecule is CCOc1ccc(NC(=O)COc2cccc(/C=N\NC(=O)C(=O)Nc3cccc(Cl)c3Cl)c2)cc1. The Hall–Kier alpha value is -4.08. The summed E-state index contributed by atoms with van der Waals surface area (Å²) in [6, 6.07) is 18.3. The van der Waals surface area contributed by atoms with E-state index in [0.29, 0.717) is 29.4 Å². The fourth-order valence-corrected chi connectivity index (χ4v) is 3.18. The van der Waals surface area contributed by atoms with Gasteiger partial charge in [-0.25, -0.2) is 5.43 Å². The molecule has 186 valence electrons. The molecule has 0 saturated heterocycles. The van der Waals surface area contributed by atoms with E-state index in [4.69, 9.17) is 32.7 Å². The van der Waals surface area contributed by atoms with Gasteiger partial charge in [0.25, 0.3) is 5.91 Å². The Labute approximate surface area is 217 Å². The molecule has 3 aromatic rings. The van der Waals surface area contributed by atoms with E-state index in [2.05, 4.69) is 21.2 Å². The molecule has 0 bridgehead atoms. The number of hydrogen-bond donors (Lipinski definition) is 3. The third kappa shape index (κ3) is 8.00. The normalized spacial score (nSPS) is 10.5. The van der Waals surface area contributed by atoms with Crippen LogP contribution in [0, 0.1) is 0 Å². The number of carbonyl (C=O) groups is 3. The Balaban J connectivity index is 1.47. The minimum Gasteiger partial charge on any atom is -0.494 e. The van der Waals surface area contributed by atoms with Gasteiger partial charge in [0.2, 0.25) is 0 Å². The first-order valence-corrected chi connectivity index (χ1v) is 11.4. The number of hydrazone groups is 1. The first kappa shape index (κ1) is 26.5. The second-order valence-electron chi connectivity index (χ2n) is 7.12. The van der Waals surface area contributed by atoms with E-state index in [1.807, 2.05) is 6.92 Å². The number of hydrogen-bond acceptors (Lipinski definition) is 6. The van der Waals surface area contributed by atoms with Gasteiger partial charge in [-0.05, 0) is 61.0 Å². The van der Waals surface area contributed by atoms with E-state index < -0.39 is 11.8 Å². The lowest BCUT2D eigenvalue weighted by molar-refractivity contribution is -0.136. The lowest BCUT2D eigenvalue weighted by Gasteiger charge is -2.09.